The number of ether oxygens (including phenoxy) is 1. The van der Waals surface area contributed by atoms with Gasteiger partial charge in [-0.2, -0.15) is 0 Å². The lowest BCUT2D eigenvalue weighted by Gasteiger charge is -2.11. The topological polar surface area (TPSA) is 142 Å². The SMILES string of the molecule is Nc1c([N+](=O)[O-])ccc2nc(-n3ccnc3)nc(CCOCCO)c12. The summed E-state index contributed by atoms with van der Waals surface area (Å²) in [4.78, 5) is 23.5. The van der Waals surface area contributed by atoms with Gasteiger partial charge in [0, 0.05) is 24.9 Å². The van der Waals surface area contributed by atoms with Crippen LogP contribution in [-0.2, 0) is 11.2 Å². The number of nitro groups is 1. The summed E-state index contributed by atoms with van der Waals surface area (Å²) in [5.41, 5.74) is 6.87. The van der Waals surface area contributed by atoms with Gasteiger partial charge in [-0.25, -0.2) is 15.0 Å². The van der Waals surface area contributed by atoms with E-state index in [1.165, 1.54) is 6.07 Å². The Balaban J connectivity index is 2.11. The molecule has 0 fully saturated rings. The summed E-state index contributed by atoms with van der Waals surface area (Å²) in [6.07, 6.45) is 5.22. The Labute approximate surface area is 142 Å². The number of fused-ring (bicyclic) bond motifs is 1. The third-order valence-electron chi connectivity index (χ3n) is 3.60. The van der Waals surface area contributed by atoms with Crippen molar-refractivity contribution in [3.05, 3.63) is 46.7 Å². The molecule has 0 saturated carbocycles. The number of benzene rings is 1. The summed E-state index contributed by atoms with van der Waals surface area (Å²) >= 11 is 0. The highest BCUT2D eigenvalue weighted by molar-refractivity contribution is 5.97. The minimum absolute atomic E-state index is 0.0249. The van der Waals surface area contributed by atoms with E-state index in [1.54, 1.807) is 29.4 Å². The minimum atomic E-state index is -0.537. The molecule has 0 aliphatic carbocycles. The van der Waals surface area contributed by atoms with Crippen molar-refractivity contribution in [2.24, 2.45) is 0 Å². The van der Waals surface area contributed by atoms with Crippen molar-refractivity contribution in [3.8, 4) is 5.95 Å². The van der Waals surface area contributed by atoms with Crippen LogP contribution < -0.4 is 5.73 Å². The molecule has 1 aromatic carbocycles. The van der Waals surface area contributed by atoms with Gasteiger partial charge in [0.25, 0.3) is 5.69 Å². The van der Waals surface area contributed by atoms with Crippen LogP contribution in [0.1, 0.15) is 5.69 Å². The summed E-state index contributed by atoms with van der Waals surface area (Å²) in [5, 5.41) is 20.4. The summed E-state index contributed by atoms with van der Waals surface area (Å²) in [5.74, 6) is 0.385. The minimum Gasteiger partial charge on any atom is -0.394 e. The maximum Gasteiger partial charge on any atom is 0.292 e. The highest BCUT2D eigenvalue weighted by Crippen LogP contribution is 2.32. The predicted octanol–water partition coefficient (Wildman–Crippen LogP) is 0.857. The van der Waals surface area contributed by atoms with E-state index in [1.807, 2.05) is 0 Å². The first-order valence-electron chi connectivity index (χ1n) is 7.52. The van der Waals surface area contributed by atoms with Crippen molar-refractivity contribution >= 4 is 22.3 Å². The number of aliphatic hydroxyl groups is 1. The van der Waals surface area contributed by atoms with Gasteiger partial charge < -0.3 is 15.6 Å². The Morgan fingerprint density at radius 1 is 1.32 bits per heavy atom. The van der Waals surface area contributed by atoms with E-state index in [4.69, 9.17) is 15.6 Å². The van der Waals surface area contributed by atoms with Crippen LogP contribution in [0, 0.1) is 10.1 Å². The maximum absolute atomic E-state index is 11.1. The van der Waals surface area contributed by atoms with Crippen molar-refractivity contribution in [2.75, 3.05) is 25.6 Å². The number of nitrogens with two attached hydrogens (primary N) is 1. The van der Waals surface area contributed by atoms with Gasteiger partial charge in [0.05, 0.1) is 41.3 Å². The number of hydrogen-bond donors (Lipinski definition) is 2. The lowest BCUT2D eigenvalue weighted by atomic mass is 10.1. The van der Waals surface area contributed by atoms with Gasteiger partial charge in [-0.15, -0.1) is 0 Å². The molecule has 0 radical (unpaired) electrons. The number of nitrogens with zero attached hydrogens (tertiary/aromatic N) is 5. The molecule has 0 aliphatic heterocycles. The third kappa shape index (κ3) is 3.39. The smallest absolute Gasteiger partial charge is 0.292 e. The van der Waals surface area contributed by atoms with Gasteiger partial charge in [-0.05, 0) is 6.07 Å². The van der Waals surface area contributed by atoms with Crippen molar-refractivity contribution in [3.63, 3.8) is 0 Å². The van der Waals surface area contributed by atoms with Gasteiger partial charge in [-0.1, -0.05) is 0 Å². The van der Waals surface area contributed by atoms with Crippen LogP contribution in [0.2, 0.25) is 0 Å². The van der Waals surface area contributed by atoms with Crippen molar-refractivity contribution in [1.29, 1.82) is 0 Å². The molecule has 2 heterocycles. The molecule has 130 valence electrons. The average Bonchev–Trinajstić information content (AvgIpc) is 3.13. The normalized spacial score (nSPS) is 11.1. The molecule has 0 amide bonds. The molecule has 0 aliphatic rings. The molecule has 2 aromatic heterocycles. The zero-order valence-electron chi connectivity index (χ0n) is 13.2. The molecule has 10 nitrogen and oxygen atoms in total. The molecule has 0 spiro atoms. The van der Waals surface area contributed by atoms with Crippen molar-refractivity contribution in [1.82, 2.24) is 19.5 Å². The summed E-state index contributed by atoms with van der Waals surface area (Å²) < 4.78 is 6.91. The Kier molecular flexibility index (Phi) is 4.82. The van der Waals surface area contributed by atoms with Gasteiger partial charge in [0.1, 0.15) is 12.0 Å². The van der Waals surface area contributed by atoms with Crippen LogP contribution in [0.4, 0.5) is 11.4 Å². The maximum atomic E-state index is 11.1. The standard InChI is InChI=1S/C15H16N6O4/c16-14-12(21(23)24)2-1-10-13(14)11(3-7-25-8-6-22)19-15(18-10)20-5-4-17-9-20/h1-2,4-5,9,22H,3,6-8,16H2. The summed E-state index contributed by atoms with van der Waals surface area (Å²) in [7, 11) is 0. The first-order chi connectivity index (χ1) is 12.1. The molecule has 3 aromatic rings. The second-order valence-corrected chi connectivity index (χ2v) is 5.18. The van der Waals surface area contributed by atoms with Crippen molar-refractivity contribution < 1.29 is 14.8 Å². The molecule has 10 heteroatoms. The fraction of sp³-hybridized carbons (Fsp3) is 0.267. The predicted molar refractivity (Wildman–Crippen MR) is 89.3 cm³/mol. The Bertz CT molecular complexity index is 897. The molecule has 0 atom stereocenters. The summed E-state index contributed by atoms with van der Waals surface area (Å²) in [6, 6.07) is 2.87. The number of aromatic nitrogens is 4. The number of rotatable bonds is 7. The summed E-state index contributed by atoms with van der Waals surface area (Å²) in [6.45, 7) is 0.406. The number of nitro benzene ring substituents is 1. The molecule has 3 N–H and O–H groups in total. The number of nitrogen functional groups attached to an aromatic ring is 1. The number of aliphatic hydroxyl groups excluding tert-OH is 1. The zero-order chi connectivity index (χ0) is 17.8. The second kappa shape index (κ2) is 7.20. The Morgan fingerprint density at radius 2 is 2.16 bits per heavy atom. The molecular formula is C15H16N6O4. The highest BCUT2D eigenvalue weighted by Gasteiger charge is 2.19. The van der Waals surface area contributed by atoms with Crippen LogP contribution in [-0.4, -0.2) is 49.4 Å². The van der Waals surface area contributed by atoms with Crippen LogP contribution >= 0.6 is 0 Å². The monoisotopic (exact) mass is 344 g/mol. The van der Waals surface area contributed by atoms with E-state index in [0.29, 0.717) is 29.0 Å². The van der Waals surface area contributed by atoms with E-state index in [2.05, 4.69) is 15.0 Å². The average molecular weight is 344 g/mol. The van der Waals surface area contributed by atoms with E-state index in [9.17, 15) is 10.1 Å². The van der Waals surface area contributed by atoms with Crippen LogP contribution in [0.5, 0.6) is 0 Å². The van der Waals surface area contributed by atoms with Crippen LogP contribution in [0.25, 0.3) is 16.9 Å². The second-order valence-electron chi connectivity index (χ2n) is 5.18. The van der Waals surface area contributed by atoms with Gasteiger partial charge in [0.15, 0.2) is 0 Å². The van der Waals surface area contributed by atoms with Gasteiger partial charge in [0.2, 0.25) is 5.95 Å². The van der Waals surface area contributed by atoms with Crippen molar-refractivity contribution in [2.45, 2.75) is 6.42 Å². The largest absolute Gasteiger partial charge is 0.394 e. The van der Waals surface area contributed by atoms with Gasteiger partial charge >= 0.3 is 0 Å². The van der Waals surface area contributed by atoms with Gasteiger partial charge in [-0.3, -0.25) is 14.7 Å². The van der Waals surface area contributed by atoms with Crippen LogP contribution in [0.15, 0.2) is 30.9 Å². The Morgan fingerprint density at radius 3 is 2.84 bits per heavy atom. The molecule has 0 saturated heterocycles. The van der Waals surface area contributed by atoms with E-state index in [0.717, 1.165) is 0 Å². The fourth-order valence-corrected chi connectivity index (χ4v) is 2.47. The zero-order valence-corrected chi connectivity index (χ0v) is 13.2. The fourth-order valence-electron chi connectivity index (χ4n) is 2.47. The first kappa shape index (κ1) is 16.7. The van der Waals surface area contributed by atoms with E-state index in [-0.39, 0.29) is 31.2 Å². The molecule has 0 unspecified atom stereocenters. The number of hydrogen-bond acceptors (Lipinski definition) is 8. The third-order valence-corrected chi connectivity index (χ3v) is 3.60. The first-order valence-corrected chi connectivity index (χ1v) is 7.52. The molecular weight excluding hydrogens is 328 g/mol. The lowest BCUT2D eigenvalue weighted by Crippen LogP contribution is -2.09. The lowest BCUT2D eigenvalue weighted by molar-refractivity contribution is -0.383. The van der Waals surface area contributed by atoms with Crippen LogP contribution in [0.3, 0.4) is 0 Å². The number of imidazole rings is 1. The van der Waals surface area contributed by atoms with E-state index < -0.39 is 4.92 Å². The number of anilines is 1. The molecule has 25 heavy (non-hydrogen) atoms. The molecule has 0 bridgehead atoms. The molecule has 3 rings (SSSR count). The van der Waals surface area contributed by atoms with E-state index >= 15 is 0 Å². The quantitative estimate of drug-likeness (QED) is 0.278. The Hall–Kier alpha value is -3.11. The highest BCUT2D eigenvalue weighted by atomic mass is 16.6.